The number of carbonyl (C=O) groups excluding carboxylic acids is 1. The lowest BCUT2D eigenvalue weighted by molar-refractivity contribution is 0.102. The molecule has 4 N–H and O–H groups in total. The molecule has 1 aliphatic heterocycles. The molecular formula is C15H16N4O3S2. The van der Waals surface area contributed by atoms with E-state index in [9.17, 15) is 9.00 Å². The third kappa shape index (κ3) is 2.58. The van der Waals surface area contributed by atoms with Crippen LogP contribution in [0.4, 0.5) is 5.69 Å². The van der Waals surface area contributed by atoms with Gasteiger partial charge in [-0.1, -0.05) is 0 Å². The van der Waals surface area contributed by atoms with Crippen molar-refractivity contribution in [3.05, 3.63) is 33.8 Å². The van der Waals surface area contributed by atoms with Crippen molar-refractivity contribution in [2.24, 2.45) is 5.14 Å². The average Bonchev–Trinajstić information content (AvgIpc) is 3.25. The summed E-state index contributed by atoms with van der Waals surface area (Å²) in [5, 5.41) is 9.70. The summed E-state index contributed by atoms with van der Waals surface area (Å²) in [6, 6.07) is 2.09. The number of thiazole rings is 1. The molecule has 9 heteroatoms. The first kappa shape index (κ1) is 15.6. The third-order valence-electron chi connectivity index (χ3n) is 4.29. The van der Waals surface area contributed by atoms with Crippen LogP contribution >= 0.6 is 11.3 Å². The summed E-state index contributed by atoms with van der Waals surface area (Å²) in [6.07, 6.45) is 3.76. The lowest BCUT2D eigenvalue weighted by Gasteiger charge is -2.14. The van der Waals surface area contributed by atoms with Crippen molar-refractivity contribution in [1.29, 1.82) is 4.78 Å². The first-order valence-electron chi connectivity index (χ1n) is 7.57. The van der Waals surface area contributed by atoms with Gasteiger partial charge in [-0.25, -0.2) is 19.1 Å². The molecule has 1 amide bonds. The van der Waals surface area contributed by atoms with E-state index in [4.69, 9.17) is 14.7 Å². The second-order valence-electron chi connectivity index (χ2n) is 5.87. The van der Waals surface area contributed by atoms with E-state index < -0.39 is 9.92 Å². The number of amides is 1. The Morgan fingerprint density at radius 3 is 2.96 bits per heavy atom. The van der Waals surface area contributed by atoms with Crippen molar-refractivity contribution in [3.8, 4) is 5.75 Å². The highest BCUT2D eigenvalue weighted by Crippen LogP contribution is 2.41. The van der Waals surface area contributed by atoms with Gasteiger partial charge in [0.1, 0.15) is 11.4 Å². The van der Waals surface area contributed by atoms with E-state index in [1.165, 1.54) is 16.5 Å². The fraction of sp³-hybridized carbons (Fsp3) is 0.333. The maximum Gasteiger partial charge on any atom is 0.275 e. The molecule has 0 saturated heterocycles. The summed E-state index contributed by atoms with van der Waals surface area (Å²) in [5.41, 5.74) is 4.38. The highest BCUT2D eigenvalue weighted by atomic mass is 32.2. The van der Waals surface area contributed by atoms with Gasteiger partial charge in [-0.15, -0.1) is 11.3 Å². The third-order valence-corrected chi connectivity index (χ3v) is 6.57. The summed E-state index contributed by atoms with van der Waals surface area (Å²) in [4.78, 5) is 16.5. The Morgan fingerprint density at radius 2 is 2.21 bits per heavy atom. The molecule has 1 unspecified atom stereocenters. The molecule has 4 rings (SSSR count). The average molecular weight is 364 g/mol. The molecule has 2 aromatic rings. The Morgan fingerprint density at radius 1 is 1.38 bits per heavy atom. The van der Waals surface area contributed by atoms with Crippen molar-refractivity contribution in [3.63, 3.8) is 0 Å². The van der Waals surface area contributed by atoms with Crippen molar-refractivity contribution in [1.82, 2.24) is 4.98 Å². The normalized spacial score (nSPS) is 17.7. The van der Waals surface area contributed by atoms with Crippen LogP contribution in [0.25, 0.3) is 0 Å². The van der Waals surface area contributed by atoms with Crippen molar-refractivity contribution in [2.45, 2.75) is 30.0 Å². The van der Waals surface area contributed by atoms with E-state index in [0.29, 0.717) is 6.61 Å². The number of aryl methyl sites for hydroxylation is 1. The number of hydrogen-bond acceptors (Lipinski definition) is 6. The molecule has 0 spiro atoms. The zero-order chi connectivity index (χ0) is 16.9. The molecule has 2 heterocycles. The van der Waals surface area contributed by atoms with Gasteiger partial charge in [-0.3, -0.25) is 4.79 Å². The Kier molecular flexibility index (Phi) is 3.59. The standard InChI is InChI=1S/C15H16N4O3S2/c16-24(17,21)15-18-11(7-23-15)14(20)19-13-9-3-1-2-8(9)6-12-10(13)4-5-22-12/h6-7H,1-5H2,(H,19,20)(H3,16,17,21). The summed E-state index contributed by atoms with van der Waals surface area (Å²) in [7, 11) is -3.40. The zero-order valence-electron chi connectivity index (χ0n) is 12.8. The number of carbonyl (C=O) groups is 1. The summed E-state index contributed by atoms with van der Waals surface area (Å²) < 4.78 is 24.5. The van der Waals surface area contributed by atoms with Crippen LogP contribution in [0.3, 0.4) is 0 Å². The second kappa shape index (κ2) is 5.54. The minimum absolute atomic E-state index is 0.0421. The predicted molar refractivity (Wildman–Crippen MR) is 91.0 cm³/mol. The van der Waals surface area contributed by atoms with Crippen LogP contribution in [0.2, 0.25) is 0 Å². The number of hydrogen-bond donors (Lipinski definition) is 3. The molecule has 126 valence electrons. The Hall–Kier alpha value is -1.97. The number of aromatic nitrogens is 1. The van der Waals surface area contributed by atoms with Crippen LogP contribution in [0.5, 0.6) is 5.75 Å². The van der Waals surface area contributed by atoms with Crippen LogP contribution < -0.4 is 15.2 Å². The van der Waals surface area contributed by atoms with Gasteiger partial charge in [0.05, 0.1) is 12.3 Å². The minimum atomic E-state index is -3.40. The first-order chi connectivity index (χ1) is 11.4. The van der Waals surface area contributed by atoms with Gasteiger partial charge in [0.15, 0.2) is 9.92 Å². The molecular weight excluding hydrogens is 348 g/mol. The van der Waals surface area contributed by atoms with Crippen LogP contribution in [0.1, 0.15) is 33.6 Å². The van der Waals surface area contributed by atoms with E-state index in [1.807, 2.05) is 0 Å². The highest BCUT2D eigenvalue weighted by molar-refractivity contribution is 7.92. The van der Waals surface area contributed by atoms with Crippen LogP contribution in [0.15, 0.2) is 15.8 Å². The lowest BCUT2D eigenvalue weighted by Crippen LogP contribution is -2.16. The minimum Gasteiger partial charge on any atom is -0.493 e. The summed E-state index contributed by atoms with van der Waals surface area (Å²) in [5.74, 6) is 0.469. The number of ether oxygens (including phenoxy) is 1. The number of rotatable bonds is 3. The van der Waals surface area contributed by atoms with Crippen LogP contribution in [-0.4, -0.2) is 21.7 Å². The highest BCUT2D eigenvalue weighted by Gasteiger charge is 2.27. The Bertz CT molecular complexity index is 918. The van der Waals surface area contributed by atoms with Gasteiger partial charge >= 0.3 is 0 Å². The maximum absolute atomic E-state index is 12.6. The summed E-state index contributed by atoms with van der Waals surface area (Å²) >= 11 is 0.962. The molecule has 24 heavy (non-hydrogen) atoms. The molecule has 7 nitrogen and oxygen atoms in total. The van der Waals surface area contributed by atoms with Gasteiger partial charge in [-0.05, 0) is 36.5 Å². The maximum atomic E-state index is 12.6. The SMILES string of the molecule is N=S(N)(=O)c1nc(C(=O)Nc2c3c(cc4c2CCO4)CCC3)cs1. The number of nitrogens with two attached hydrogens (primary N) is 1. The van der Waals surface area contributed by atoms with Gasteiger partial charge in [0, 0.05) is 17.4 Å². The Balaban J connectivity index is 1.69. The van der Waals surface area contributed by atoms with E-state index in [1.54, 1.807) is 0 Å². The van der Waals surface area contributed by atoms with Gasteiger partial charge in [0.2, 0.25) is 4.34 Å². The van der Waals surface area contributed by atoms with E-state index in [0.717, 1.165) is 54.0 Å². The van der Waals surface area contributed by atoms with Crippen molar-refractivity contribution < 1.29 is 13.7 Å². The number of nitrogens with zero attached hydrogens (tertiary/aromatic N) is 1. The fourth-order valence-corrected chi connectivity index (χ4v) is 4.71. The molecule has 1 atom stereocenters. The van der Waals surface area contributed by atoms with Crippen LogP contribution in [0, 0.1) is 4.78 Å². The molecule has 1 aromatic carbocycles. The quantitative estimate of drug-likeness (QED) is 0.773. The van der Waals surface area contributed by atoms with E-state index in [-0.39, 0.29) is 15.9 Å². The van der Waals surface area contributed by atoms with Crippen molar-refractivity contribution in [2.75, 3.05) is 11.9 Å². The van der Waals surface area contributed by atoms with Crippen molar-refractivity contribution >= 4 is 32.8 Å². The molecule has 0 fully saturated rings. The summed E-state index contributed by atoms with van der Waals surface area (Å²) in [6.45, 7) is 0.621. The molecule has 1 aromatic heterocycles. The second-order valence-corrected chi connectivity index (χ2v) is 8.58. The number of fused-ring (bicyclic) bond motifs is 2. The predicted octanol–water partition coefficient (Wildman–Crippen LogP) is 2.10. The topological polar surface area (TPSA) is 118 Å². The molecule has 0 bridgehead atoms. The number of benzene rings is 1. The van der Waals surface area contributed by atoms with E-state index >= 15 is 0 Å². The number of nitrogens with one attached hydrogen (secondary N) is 2. The number of anilines is 1. The molecule has 2 aliphatic rings. The largest absolute Gasteiger partial charge is 0.493 e. The molecule has 0 radical (unpaired) electrons. The first-order valence-corrected chi connectivity index (χ1v) is 10.1. The van der Waals surface area contributed by atoms with Crippen LogP contribution in [-0.2, 0) is 29.2 Å². The van der Waals surface area contributed by atoms with E-state index in [2.05, 4.69) is 16.4 Å². The fourth-order valence-electron chi connectivity index (χ4n) is 3.23. The monoisotopic (exact) mass is 364 g/mol. The van der Waals surface area contributed by atoms with Gasteiger partial charge in [0.25, 0.3) is 5.91 Å². The zero-order valence-corrected chi connectivity index (χ0v) is 14.4. The Labute approximate surface area is 143 Å². The van der Waals surface area contributed by atoms with Gasteiger partial charge in [-0.2, -0.15) is 0 Å². The smallest absolute Gasteiger partial charge is 0.275 e. The van der Waals surface area contributed by atoms with Gasteiger partial charge < -0.3 is 10.1 Å². The molecule has 1 aliphatic carbocycles. The lowest BCUT2D eigenvalue weighted by atomic mass is 10.0. The molecule has 0 saturated carbocycles.